The minimum absolute atomic E-state index is 0.322. The van der Waals surface area contributed by atoms with E-state index in [9.17, 15) is 4.79 Å². The van der Waals surface area contributed by atoms with Gasteiger partial charge in [0.1, 0.15) is 11.4 Å². The van der Waals surface area contributed by atoms with E-state index in [0.717, 1.165) is 30.9 Å². The zero-order valence-corrected chi connectivity index (χ0v) is 16.6. The monoisotopic (exact) mass is 347 g/mol. The second-order valence-corrected chi connectivity index (χ2v) is 8.19. The molecule has 140 valence electrons. The molecule has 1 unspecified atom stereocenters. The molecule has 5 heteroatoms. The van der Waals surface area contributed by atoms with Gasteiger partial charge in [-0.25, -0.2) is 9.78 Å². The number of anilines is 1. The van der Waals surface area contributed by atoms with Crippen LogP contribution in [0, 0.1) is 5.92 Å². The Morgan fingerprint density at radius 1 is 1.44 bits per heavy atom. The third-order valence-electron chi connectivity index (χ3n) is 4.32. The van der Waals surface area contributed by atoms with Crippen molar-refractivity contribution >= 4 is 11.9 Å². The fourth-order valence-corrected chi connectivity index (χ4v) is 3.44. The van der Waals surface area contributed by atoms with Gasteiger partial charge in [0.05, 0.1) is 0 Å². The molecule has 1 saturated heterocycles. The Hall–Kier alpha value is -1.62. The molecule has 0 aliphatic carbocycles. The van der Waals surface area contributed by atoms with Crippen LogP contribution >= 0.6 is 0 Å². The highest BCUT2D eigenvalue weighted by Crippen LogP contribution is 2.37. The van der Waals surface area contributed by atoms with Gasteiger partial charge in [-0.05, 0) is 59.1 Å². The Morgan fingerprint density at radius 3 is 2.76 bits per heavy atom. The van der Waals surface area contributed by atoms with E-state index in [-0.39, 0.29) is 6.09 Å². The maximum Gasteiger partial charge on any atom is 0.415 e. The Balaban J connectivity index is 2.31. The normalized spacial score (nSPS) is 18.6. The van der Waals surface area contributed by atoms with Crippen molar-refractivity contribution in [2.45, 2.75) is 66.0 Å². The van der Waals surface area contributed by atoms with E-state index in [2.05, 4.69) is 29.8 Å². The van der Waals surface area contributed by atoms with Crippen LogP contribution in [0.1, 0.15) is 66.0 Å². The molecule has 0 N–H and O–H groups in total. The highest BCUT2D eigenvalue weighted by molar-refractivity contribution is 5.87. The summed E-state index contributed by atoms with van der Waals surface area (Å²) < 4.78 is 5.59. The van der Waals surface area contributed by atoms with E-state index < -0.39 is 5.60 Å². The van der Waals surface area contributed by atoms with Crippen molar-refractivity contribution in [2.24, 2.45) is 5.92 Å². The molecule has 0 bridgehead atoms. The number of ether oxygens (including phenoxy) is 1. The highest BCUT2D eigenvalue weighted by Gasteiger charge is 2.32. The molecule has 1 atom stereocenters. The van der Waals surface area contributed by atoms with Crippen molar-refractivity contribution < 1.29 is 9.53 Å². The SMILES string of the molecule is CCN(C(=O)OC(C)(C)C)c1ncccc1C1CCCN1CC(C)C. The number of hydrogen-bond acceptors (Lipinski definition) is 4. The molecular formula is C20H33N3O2. The highest BCUT2D eigenvalue weighted by atomic mass is 16.6. The zero-order chi connectivity index (χ0) is 18.6. The van der Waals surface area contributed by atoms with Crippen LogP contribution in [0.5, 0.6) is 0 Å². The molecule has 2 rings (SSSR count). The average Bonchev–Trinajstić information content (AvgIpc) is 2.94. The maximum atomic E-state index is 12.7. The molecule has 2 heterocycles. The van der Waals surface area contributed by atoms with Crippen molar-refractivity contribution in [3.05, 3.63) is 23.9 Å². The molecule has 1 fully saturated rings. The van der Waals surface area contributed by atoms with Crippen molar-refractivity contribution in [2.75, 3.05) is 24.5 Å². The number of rotatable bonds is 5. The predicted molar refractivity (Wildman–Crippen MR) is 102 cm³/mol. The lowest BCUT2D eigenvalue weighted by Crippen LogP contribution is -2.38. The molecule has 1 aliphatic rings. The Bertz CT molecular complexity index is 581. The summed E-state index contributed by atoms with van der Waals surface area (Å²) in [5.74, 6) is 1.36. The van der Waals surface area contributed by atoms with E-state index >= 15 is 0 Å². The van der Waals surface area contributed by atoms with Gasteiger partial charge in [-0.15, -0.1) is 0 Å². The molecule has 5 nitrogen and oxygen atoms in total. The third-order valence-corrected chi connectivity index (χ3v) is 4.32. The smallest absolute Gasteiger partial charge is 0.415 e. The molecule has 1 amide bonds. The number of amides is 1. The third kappa shape index (κ3) is 5.18. The average molecular weight is 348 g/mol. The summed E-state index contributed by atoms with van der Waals surface area (Å²) in [4.78, 5) is 21.4. The van der Waals surface area contributed by atoms with Crippen LogP contribution in [0.4, 0.5) is 10.6 Å². The fourth-order valence-electron chi connectivity index (χ4n) is 3.44. The molecular weight excluding hydrogens is 314 g/mol. The summed E-state index contributed by atoms with van der Waals surface area (Å²) in [5.41, 5.74) is 0.615. The van der Waals surface area contributed by atoms with Crippen LogP contribution in [-0.4, -0.2) is 41.2 Å². The van der Waals surface area contributed by atoms with Crippen molar-refractivity contribution in [3.63, 3.8) is 0 Å². The zero-order valence-electron chi connectivity index (χ0n) is 16.6. The number of nitrogens with zero attached hydrogens (tertiary/aromatic N) is 3. The van der Waals surface area contributed by atoms with Crippen LogP contribution in [0.25, 0.3) is 0 Å². The predicted octanol–water partition coefficient (Wildman–Crippen LogP) is 4.64. The Kier molecular flexibility index (Phi) is 6.44. The van der Waals surface area contributed by atoms with Crippen LogP contribution in [0.3, 0.4) is 0 Å². The van der Waals surface area contributed by atoms with E-state index in [0.29, 0.717) is 18.5 Å². The second-order valence-electron chi connectivity index (χ2n) is 8.19. The topological polar surface area (TPSA) is 45.7 Å². The Morgan fingerprint density at radius 2 is 2.16 bits per heavy atom. The standard InChI is InChI=1S/C20H33N3O2/c1-7-23(19(24)25-20(4,5)6)18-16(10-8-12-21-18)17-11-9-13-22(17)14-15(2)3/h8,10,12,15,17H,7,9,11,13-14H2,1-6H3. The number of likely N-dealkylation sites (tertiary alicyclic amines) is 1. The molecule has 25 heavy (non-hydrogen) atoms. The lowest BCUT2D eigenvalue weighted by atomic mass is 10.0. The second kappa shape index (κ2) is 8.17. The van der Waals surface area contributed by atoms with Crippen LogP contribution in [0.15, 0.2) is 18.3 Å². The number of pyridine rings is 1. The van der Waals surface area contributed by atoms with E-state index in [1.54, 1.807) is 11.1 Å². The van der Waals surface area contributed by atoms with E-state index in [1.807, 2.05) is 33.8 Å². The minimum atomic E-state index is -0.517. The number of carbonyl (C=O) groups is 1. The first-order chi connectivity index (χ1) is 11.7. The van der Waals surface area contributed by atoms with Gasteiger partial charge in [0, 0.05) is 30.9 Å². The summed E-state index contributed by atoms with van der Waals surface area (Å²) >= 11 is 0. The van der Waals surface area contributed by atoms with Crippen LogP contribution in [-0.2, 0) is 4.74 Å². The van der Waals surface area contributed by atoms with Crippen molar-refractivity contribution in [1.82, 2.24) is 9.88 Å². The Labute approximate surface area is 152 Å². The first kappa shape index (κ1) is 19.7. The number of carbonyl (C=O) groups excluding carboxylic acids is 1. The lowest BCUT2D eigenvalue weighted by Gasteiger charge is -2.31. The number of aromatic nitrogens is 1. The summed E-state index contributed by atoms with van der Waals surface area (Å²) in [6.45, 7) is 14.8. The van der Waals surface area contributed by atoms with Gasteiger partial charge < -0.3 is 4.74 Å². The largest absolute Gasteiger partial charge is 0.443 e. The van der Waals surface area contributed by atoms with Crippen LogP contribution in [0.2, 0.25) is 0 Å². The molecule has 1 aliphatic heterocycles. The first-order valence-electron chi connectivity index (χ1n) is 9.42. The van der Waals surface area contributed by atoms with Crippen LogP contribution < -0.4 is 4.90 Å². The summed E-state index contributed by atoms with van der Waals surface area (Å²) in [5, 5.41) is 0. The quantitative estimate of drug-likeness (QED) is 0.778. The summed E-state index contributed by atoms with van der Waals surface area (Å²) in [7, 11) is 0. The van der Waals surface area contributed by atoms with Crippen molar-refractivity contribution in [1.29, 1.82) is 0 Å². The molecule has 1 aromatic heterocycles. The summed E-state index contributed by atoms with van der Waals surface area (Å²) in [6.07, 6.45) is 3.72. The molecule has 0 saturated carbocycles. The van der Waals surface area contributed by atoms with Gasteiger partial charge >= 0.3 is 6.09 Å². The minimum Gasteiger partial charge on any atom is -0.443 e. The van der Waals surface area contributed by atoms with E-state index in [1.165, 1.54) is 6.42 Å². The number of hydrogen-bond donors (Lipinski definition) is 0. The molecule has 0 aromatic carbocycles. The van der Waals surface area contributed by atoms with Gasteiger partial charge in [0.15, 0.2) is 0 Å². The van der Waals surface area contributed by atoms with Gasteiger partial charge in [-0.3, -0.25) is 9.80 Å². The van der Waals surface area contributed by atoms with Gasteiger partial charge in [0.2, 0.25) is 0 Å². The molecule has 1 aromatic rings. The maximum absolute atomic E-state index is 12.7. The molecule has 0 spiro atoms. The first-order valence-corrected chi connectivity index (χ1v) is 9.42. The fraction of sp³-hybridized carbons (Fsp3) is 0.700. The summed E-state index contributed by atoms with van der Waals surface area (Å²) in [6, 6.07) is 4.40. The van der Waals surface area contributed by atoms with Gasteiger partial charge in [-0.2, -0.15) is 0 Å². The lowest BCUT2D eigenvalue weighted by molar-refractivity contribution is 0.0580. The van der Waals surface area contributed by atoms with E-state index in [4.69, 9.17) is 4.74 Å². The van der Waals surface area contributed by atoms with Gasteiger partial charge in [-0.1, -0.05) is 19.9 Å². The van der Waals surface area contributed by atoms with Gasteiger partial charge in [0.25, 0.3) is 0 Å². The van der Waals surface area contributed by atoms with Crippen molar-refractivity contribution in [3.8, 4) is 0 Å². The molecule has 0 radical (unpaired) electrons.